The number of rotatable bonds is 6. The van der Waals surface area contributed by atoms with Gasteiger partial charge in [-0.3, -0.25) is 4.79 Å². The van der Waals surface area contributed by atoms with Gasteiger partial charge in [0.05, 0.1) is 0 Å². The number of nitrogens with one attached hydrogen (secondary N) is 1. The monoisotopic (exact) mass is 235 g/mol. The van der Waals surface area contributed by atoms with Gasteiger partial charge in [-0.25, -0.2) is 0 Å². The van der Waals surface area contributed by atoms with Crippen molar-refractivity contribution < 1.29 is 9.53 Å². The van der Waals surface area contributed by atoms with Crippen molar-refractivity contribution in [3.63, 3.8) is 0 Å². The molecular weight excluding hydrogens is 214 g/mol. The molecule has 0 radical (unpaired) electrons. The molecule has 17 heavy (non-hydrogen) atoms. The van der Waals surface area contributed by atoms with Crippen molar-refractivity contribution in [3.05, 3.63) is 35.4 Å². The third kappa shape index (κ3) is 4.19. The maximum absolute atomic E-state index is 12.0. The van der Waals surface area contributed by atoms with Gasteiger partial charge in [-0.15, -0.1) is 0 Å². The number of hydrogen-bond acceptors (Lipinski definition) is 2. The minimum absolute atomic E-state index is 0.00500. The lowest BCUT2D eigenvalue weighted by Gasteiger charge is -2.12. The van der Waals surface area contributed by atoms with Crippen molar-refractivity contribution in [1.29, 1.82) is 0 Å². The highest BCUT2D eigenvalue weighted by atomic mass is 16.5. The van der Waals surface area contributed by atoms with Crippen molar-refractivity contribution in [1.82, 2.24) is 5.32 Å². The molecule has 0 bridgehead atoms. The van der Waals surface area contributed by atoms with E-state index in [-0.39, 0.29) is 5.91 Å². The van der Waals surface area contributed by atoms with Gasteiger partial charge < -0.3 is 10.1 Å². The second-order valence-corrected chi connectivity index (χ2v) is 4.34. The maximum Gasteiger partial charge on any atom is 0.251 e. The fraction of sp³-hybridized carbons (Fsp3) is 0.500. The fourth-order valence-corrected chi connectivity index (χ4v) is 1.72. The van der Waals surface area contributed by atoms with Gasteiger partial charge >= 0.3 is 0 Å². The molecule has 1 aromatic carbocycles. The number of hydrogen-bond donors (Lipinski definition) is 1. The van der Waals surface area contributed by atoms with Crippen molar-refractivity contribution in [3.8, 4) is 0 Å². The second-order valence-electron chi connectivity index (χ2n) is 4.34. The minimum Gasteiger partial charge on any atom is -0.385 e. The summed E-state index contributed by atoms with van der Waals surface area (Å²) in [4.78, 5) is 12.0. The molecule has 0 aliphatic rings. The Hall–Kier alpha value is -1.35. The Balaban J connectivity index is 2.62. The quantitative estimate of drug-likeness (QED) is 0.770. The highest BCUT2D eigenvalue weighted by Gasteiger charge is 2.12. The second kappa shape index (κ2) is 7.07. The summed E-state index contributed by atoms with van der Waals surface area (Å²) >= 11 is 0. The van der Waals surface area contributed by atoms with E-state index in [2.05, 4.69) is 19.2 Å². The summed E-state index contributed by atoms with van der Waals surface area (Å²) in [5.41, 5.74) is 1.87. The number of ether oxygens (including phenoxy) is 1. The van der Waals surface area contributed by atoms with E-state index in [1.165, 1.54) is 0 Å². The van der Waals surface area contributed by atoms with Crippen LogP contribution in [-0.4, -0.2) is 26.2 Å². The van der Waals surface area contributed by atoms with E-state index >= 15 is 0 Å². The molecule has 0 unspecified atom stereocenters. The summed E-state index contributed by atoms with van der Waals surface area (Å²) in [5.74, 6) is 0.362. The maximum atomic E-state index is 12.0. The molecule has 0 atom stereocenters. The molecule has 0 aliphatic heterocycles. The zero-order valence-corrected chi connectivity index (χ0v) is 10.8. The van der Waals surface area contributed by atoms with Gasteiger partial charge in [0.15, 0.2) is 0 Å². The molecule has 0 aliphatic carbocycles. The molecule has 0 aromatic heterocycles. The highest BCUT2D eigenvalue weighted by Crippen LogP contribution is 2.18. The summed E-state index contributed by atoms with van der Waals surface area (Å²) in [6.45, 7) is 5.51. The van der Waals surface area contributed by atoms with Crippen LogP contribution in [-0.2, 0) is 4.74 Å². The van der Waals surface area contributed by atoms with Crippen molar-refractivity contribution in [2.45, 2.75) is 26.2 Å². The lowest BCUT2D eigenvalue weighted by Crippen LogP contribution is -2.26. The van der Waals surface area contributed by atoms with Crippen LogP contribution in [0.4, 0.5) is 0 Å². The number of carbonyl (C=O) groups is 1. The van der Waals surface area contributed by atoms with E-state index in [0.717, 1.165) is 17.5 Å². The Labute approximate surface area is 103 Å². The van der Waals surface area contributed by atoms with Crippen molar-refractivity contribution in [2.24, 2.45) is 0 Å². The first-order valence-corrected chi connectivity index (χ1v) is 6.03. The van der Waals surface area contributed by atoms with E-state index in [1.54, 1.807) is 7.11 Å². The molecule has 0 heterocycles. The summed E-state index contributed by atoms with van der Waals surface area (Å²) in [5, 5.41) is 2.91. The van der Waals surface area contributed by atoms with E-state index in [1.807, 2.05) is 24.3 Å². The minimum atomic E-state index is 0.00500. The number of methoxy groups -OCH3 is 1. The van der Waals surface area contributed by atoms with E-state index in [4.69, 9.17) is 4.74 Å². The van der Waals surface area contributed by atoms with Crippen LogP contribution in [0.5, 0.6) is 0 Å². The summed E-state index contributed by atoms with van der Waals surface area (Å²) in [7, 11) is 1.66. The van der Waals surface area contributed by atoms with Crippen LogP contribution in [0, 0.1) is 0 Å². The van der Waals surface area contributed by atoms with Gasteiger partial charge in [0.25, 0.3) is 5.91 Å². The predicted octanol–water partition coefficient (Wildman–Crippen LogP) is 2.58. The molecule has 0 spiro atoms. The van der Waals surface area contributed by atoms with Gasteiger partial charge in [0.1, 0.15) is 0 Å². The molecule has 1 aromatic rings. The average molecular weight is 235 g/mol. The van der Waals surface area contributed by atoms with Gasteiger partial charge in [-0.1, -0.05) is 32.0 Å². The Morgan fingerprint density at radius 2 is 2.06 bits per heavy atom. The normalized spacial score (nSPS) is 10.6. The first-order chi connectivity index (χ1) is 8.16. The Morgan fingerprint density at radius 1 is 1.35 bits per heavy atom. The molecule has 1 rings (SSSR count). The smallest absolute Gasteiger partial charge is 0.251 e. The number of amides is 1. The van der Waals surface area contributed by atoms with Crippen LogP contribution >= 0.6 is 0 Å². The Bertz CT molecular complexity index is 361. The van der Waals surface area contributed by atoms with Crippen LogP contribution in [0.15, 0.2) is 24.3 Å². The average Bonchev–Trinajstić information content (AvgIpc) is 2.34. The zero-order chi connectivity index (χ0) is 12.7. The topological polar surface area (TPSA) is 38.3 Å². The number of carbonyl (C=O) groups excluding carboxylic acids is 1. The molecule has 3 heteroatoms. The lowest BCUT2D eigenvalue weighted by molar-refractivity contribution is 0.0947. The SMILES string of the molecule is COCCCNC(=O)c1ccccc1C(C)C. The first-order valence-electron chi connectivity index (χ1n) is 6.03. The van der Waals surface area contributed by atoms with E-state index < -0.39 is 0 Å². The van der Waals surface area contributed by atoms with Crippen LogP contribution in [0.25, 0.3) is 0 Å². The molecule has 1 N–H and O–H groups in total. The lowest BCUT2D eigenvalue weighted by atomic mass is 9.97. The first kappa shape index (κ1) is 13.7. The highest BCUT2D eigenvalue weighted by molar-refractivity contribution is 5.95. The summed E-state index contributed by atoms with van der Waals surface area (Å²) in [6, 6.07) is 7.75. The summed E-state index contributed by atoms with van der Waals surface area (Å²) in [6.07, 6.45) is 0.839. The third-order valence-corrected chi connectivity index (χ3v) is 2.64. The van der Waals surface area contributed by atoms with Crippen LogP contribution < -0.4 is 5.32 Å². The van der Waals surface area contributed by atoms with Gasteiger partial charge in [0.2, 0.25) is 0 Å². The van der Waals surface area contributed by atoms with E-state index in [0.29, 0.717) is 19.1 Å². The van der Waals surface area contributed by atoms with Gasteiger partial charge in [0, 0.05) is 25.8 Å². The summed E-state index contributed by atoms with van der Waals surface area (Å²) < 4.78 is 4.94. The molecule has 94 valence electrons. The molecule has 0 saturated heterocycles. The Morgan fingerprint density at radius 3 is 2.71 bits per heavy atom. The Kier molecular flexibility index (Phi) is 5.70. The number of benzene rings is 1. The molecular formula is C14H21NO2. The standard InChI is InChI=1S/C14H21NO2/c1-11(2)12-7-4-5-8-13(12)14(16)15-9-6-10-17-3/h4-5,7-8,11H,6,9-10H2,1-3H3,(H,15,16). The molecule has 3 nitrogen and oxygen atoms in total. The predicted molar refractivity (Wildman–Crippen MR) is 69.4 cm³/mol. The van der Waals surface area contributed by atoms with Crippen LogP contribution in [0.1, 0.15) is 42.1 Å². The zero-order valence-electron chi connectivity index (χ0n) is 10.8. The third-order valence-electron chi connectivity index (χ3n) is 2.64. The van der Waals surface area contributed by atoms with E-state index in [9.17, 15) is 4.79 Å². The van der Waals surface area contributed by atoms with Crippen molar-refractivity contribution >= 4 is 5.91 Å². The van der Waals surface area contributed by atoms with Crippen molar-refractivity contribution in [2.75, 3.05) is 20.3 Å². The molecule has 1 amide bonds. The van der Waals surface area contributed by atoms with Crippen LogP contribution in [0.3, 0.4) is 0 Å². The largest absolute Gasteiger partial charge is 0.385 e. The van der Waals surface area contributed by atoms with Gasteiger partial charge in [-0.2, -0.15) is 0 Å². The fourth-order valence-electron chi connectivity index (χ4n) is 1.72. The molecule has 0 saturated carbocycles. The van der Waals surface area contributed by atoms with Crippen LogP contribution in [0.2, 0.25) is 0 Å². The molecule has 0 fully saturated rings. The van der Waals surface area contributed by atoms with Gasteiger partial charge in [-0.05, 0) is 24.0 Å².